The number of rotatable bonds is 9. The molecule has 1 saturated heterocycles. The molecule has 1 heterocycles. The smallest absolute Gasteiger partial charge is 0.241 e. The van der Waals surface area contributed by atoms with Gasteiger partial charge in [0.15, 0.2) is 0 Å². The molecule has 0 radical (unpaired) electrons. The number of sulfonamides is 1. The summed E-state index contributed by atoms with van der Waals surface area (Å²) in [6, 6.07) is 6.67. The number of carbonyl (C=O) groups is 1. The van der Waals surface area contributed by atoms with Gasteiger partial charge < -0.3 is 15.0 Å². The van der Waals surface area contributed by atoms with Gasteiger partial charge in [0, 0.05) is 18.8 Å². The molecule has 9 heteroatoms. The number of hydrogen-bond donors (Lipinski definition) is 2. The molecule has 28 heavy (non-hydrogen) atoms. The van der Waals surface area contributed by atoms with Crippen molar-refractivity contribution in [3.63, 3.8) is 0 Å². The van der Waals surface area contributed by atoms with E-state index in [-0.39, 0.29) is 24.4 Å². The first-order chi connectivity index (χ1) is 12.8. The molecule has 1 amide bonds. The van der Waals surface area contributed by atoms with Crippen LogP contribution in [0.15, 0.2) is 24.3 Å². The van der Waals surface area contributed by atoms with Gasteiger partial charge in [0.2, 0.25) is 15.9 Å². The second kappa shape index (κ2) is 11.5. The summed E-state index contributed by atoms with van der Waals surface area (Å²) in [7, 11) is -3.74. The molecule has 7 nitrogen and oxygen atoms in total. The van der Waals surface area contributed by atoms with Crippen molar-refractivity contribution in [3.05, 3.63) is 24.3 Å². The zero-order valence-corrected chi connectivity index (χ0v) is 18.4. The summed E-state index contributed by atoms with van der Waals surface area (Å²) >= 11 is 0. The molecular formula is C19H32ClN3O4S. The summed E-state index contributed by atoms with van der Waals surface area (Å²) in [6.45, 7) is 9.04. The van der Waals surface area contributed by atoms with Crippen molar-refractivity contribution in [1.82, 2.24) is 10.2 Å². The molecule has 0 aliphatic carbocycles. The Hall–Kier alpha value is -1.51. The van der Waals surface area contributed by atoms with E-state index in [0.717, 1.165) is 25.9 Å². The molecule has 0 unspecified atom stereocenters. The average Bonchev–Trinajstić information content (AvgIpc) is 2.61. The maximum atomic E-state index is 12.4. The number of halogens is 1. The summed E-state index contributed by atoms with van der Waals surface area (Å²) in [6.07, 6.45) is 1.86. The lowest BCUT2D eigenvalue weighted by atomic mass is 9.97. The molecule has 0 atom stereocenters. The second-order valence-corrected chi connectivity index (χ2v) is 8.91. The van der Waals surface area contributed by atoms with Gasteiger partial charge in [0.25, 0.3) is 0 Å². The Morgan fingerprint density at radius 2 is 1.82 bits per heavy atom. The largest absolute Gasteiger partial charge is 0.491 e. The highest BCUT2D eigenvalue weighted by molar-refractivity contribution is 7.93. The van der Waals surface area contributed by atoms with Crippen molar-refractivity contribution in [1.29, 1.82) is 0 Å². The Bertz CT molecular complexity index is 702. The number of carbonyl (C=O) groups excluding carboxylic acids is 1. The van der Waals surface area contributed by atoms with Gasteiger partial charge in [0.05, 0.1) is 6.10 Å². The molecule has 1 aliphatic heterocycles. The molecule has 1 aromatic rings. The third-order valence-corrected chi connectivity index (χ3v) is 5.64. The highest BCUT2D eigenvalue weighted by Crippen LogP contribution is 2.19. The Morgan fingerprint density at radius 3 is 2.36 bits per heavy atom. The van der Waals surface area contributed by atoms with Crippen molar-refractivity contribution in [2.75, 3.05) is 36.7 Å². The van der Waals surface area contributed by atoms with E-state index < -0.39 is 15.8 Å². The van der Waals surface area contributed by atoms with Crippen molar-refractivity contribution < 1.29 is 17.9 Å². The van der Waals surface area contributed by atoms with Gasteiger partial charge in [-0.05, 0) is 70.0 Å². The fourth-order valence-electron chi connectivity index (χ4n) is 3.08. The van der Waals surface area contributed by atoms with Crippen LogP contribution in [0.25, 0.3) is 0 Å². The number of piperidine rings is 1. The maximum absolute atomic E-state index is 12.4. The third-order valence-electron chi connectivity index (χ3n) is 4.46. The fraction of sp³-hybridized carbons (Fsp3) is 0.632. The van der Waals surface area contributed by atoms with Crippen molar-refractivity contribution >= 4 is 34.0 Å². The molecule has 2 N–H and O–H groups in total. The van der Waals surface area contributed by atoms with E-state index in [1.165, 1.54) is 0 Å². The van der Waals surface area contributed by atoms with Gasteiger partial charge in [-0.25, -0.2) is 8.42 Å². The van der Waals surface area contributed by atoms with Gasteiger partial charge in [-0.2, -0.15) is 0 Å². The minimum Gasteiger partial charge on any atom is -0.491 e. The standard InChI is InChI=1S/C19H31N3O4S.ClH/c1-4-20-13-16-9-11-22(12-10-16)19(23)14-27(24,25)21-17-5-7-18(8-6-17)26-15(2)3;/h5-8,15-16,20-21H,4,9-14H2,1-3H3;1H. The average molecular weight is 434 g/mol. The minimum absolute atomic E-state index is 0. The number of nitrogens with zero attached hydrogens (tertiary/aromatic N) is 1. The van der Waals surface area contributed by atoms with Crippen LogP contribution in [0, 0.1) is 5.92 Å². The van der Waals surface area contributed by atoms with Gasteiger partial charge >= 0.3 is 0 Å². The van der Waals surface area contributed by atoms with Crippen LogP contribution in [0.5, 0.6) is 5.75 Å². The molecular weight excluding hydrogens is 402 g/mol. The summed E-state index contributed by atoms with van der Waals surface area (Å²) < 4.78 is 32.6. The van der Waals surface area contributed by atoms with Crippen LogP contribution < -0.4 is 14.8 Å². The van der Waals surface area contributed by atoms with Crippen molar-refractivity contribution in [3.8, 4) is 5.75 Å². The predicted octanol–water partition coefficient (Wildman–Crippen LogP) is 2.49. The zero-order chi connectivity index (χ0) is 19.9. The van der Waals surface area contributed by atoms with Crippen LogP contribution in [0.2, 0.25) is 0 Å². The number of hydrogen-bond acceptors (Lipinski definition) is 5. The minimum atomic E-state index is -3.74. The lowest BCUT2D eigenvalue weighted by Gasteiger charge is -2.32. The lowest BCUT2D eigenvalue weighted by Crippen LogP contribution is -2.43. The molecule has 0 aromatic heterocycles. The van der Waals surface area contributed by atoms with Gasteiger partial charge in [-0.15, -0.1) is 12.4 Å². The first-order valence-corrected chi connectivity index (χ1v) is 11.2. The van der Waals surface area contributed by atoms with Crippen LogP contribution in [0.3, 0.4) is 0 Å². The first kappa shape index (κ1) is 24.5. The molecule has 1 aromatic carbocycles. The molecule has 2 rings (SSSR count). The molecule has 0 spiro atoms. The highest BCUT2D eigenvalue weighted by Gasteiger charge is 2.26. The van der Waals surface area contributed by atoms with Gasteiger partial charge in [-0.3, -0.25) is 9.52 Å². The number of likely N-dealkylation sites (tertiary alicyclic amines) is 1. The Morgan fingerprint density at radius 1 is 1.21 bits per heavy atom. The third kappa shape index (κ3) is 8.24. The van der Waals surface area contributed by atoms with Crippen molar-refractivity contribution in [2.24, 2.45) is 5.92 Å². The fourth-order valence-corrected chi connectivity index (χ4v) is 4.15. The summed E-state index contributed by atoms with van der Waals surface area (Å²) in [5, 5.41) is 3.32. The van der Waals surface area contributed by atoms with E-state index in [9.17, 15) is 13.2 Å². The Kier molecular flexibility index (Phi) is 10.1. The number of nitrogens with one attached hydrogen (secondary N) is 2. The van der Waals surface area contributed by atoms with E-state index in [4.69, 9.17) is 4.74 Å². The van der Waals surface area contributed by atoms with Crippen LogP contribution in [0.1, 0.15) is 33.6 Å². The van der Waals surface area contributed by atoms with E-state index >= 15 is 0 Å². The summed E-state index contributed by atoms with van der Waals surface area (Å²) in [5.41, 5.74) is 0.420. The number of anilines is 1. The van der Waals surface area contributed by atoms with E-state index in [0.29, 0.717) is 30.4 Å². The van der Waals surface area contributed by atoms with E-state index in [1.807, 2.05) is 13.8 Å². The van der Waals surface area contributed by atoms with Crippen LogP contribution in [-0.2, 0) is 14.8 Å². The van der Waals surface area contributed by atoms with E-state index in [2.05, 4.69) is 17.0 Å². The first-order valence-electron chi connectivity index (χ1n) is 9.54. The van der Waals surface area contributed by atoms with Gasteiger partial charge in [0.1, 0.15) is 11.5 Å². The maximum Gasteiger partial charge on any atom is 0.241 e. The summed E-state index contributed by atoms with van der Waals surface area (Å²) in [5.74, 6) is 0.346. The van der Waals surface area contributed by atoms with Crippen LogP contribution >= 0.6 is 12.4 Å². The van der Waals surface area contributed by atoms with Gasteiger partial charge in [-0.1, -0.05) is 6.92 Å². The molecule has 0 saturated carbocycles. The Balaban J connectivity index is 0.00000392. The lowest BCUT2D eigenvalue weighted by molar-refractivity contribution is -0.129. The molecule has 0 bridgehead atoms. The van der Waals surface area contributed by atoms with E-state index in [1.54, 1.807) is 29.2 Å². The number of ether oxygens (including phenoxy) is 1. The monoisotopic (exact) mass is 433 g/mol. The Labute approximate surface area is 174 Å². The quantitative estimate of drug-likeness (QED) is 0.624. The summed E-state index contributed by atoms with van der Waals surface area (Å²) in [4.78, 5) is 14.0. The molecule has 1 aliphatic rings. The van der Waals surface area contributed by atoms with Crippen LogP contribution in [-0.4, -0.2) is 57.3 Å². The zero-order valence-electron chi connectivity index (χ0n) is 16.8. The molecule has 160 valence electrons. The van der Waals surface area contributed by atoms with Crippen molar-refractivity contribution in [2.45, 2.75) is 39.7 Å². The number of benzene rings is 1. The second-order valence-electron chi connectivity index (χ2n) is 7.18. The number of amides is 1. The van der Waals surface area contributed by atoms with Crippen LogP contribution in [0.4, 0.5) is 5.69 Å². The predicted molar refractivity (Wildman–Crippen MR) is 115 cm³/mol. The normalized spacial score (nSPS) is 15.2. The SMILES string of the molecule is CCNCC1CCN(C(=O)CS(=O)(=O)Nc2ccc(OC(C)C)cc2)CC1.Cl. The highest BCUT2D eigenvalue weighted by atomic mass is 35.5. The topological polar surface area (TPSA) is 87.7 Å². The molecule has 1 fully saturated rings.